The molecule has 0 saturated heterocycles. The molecule has 0 aliphatic heterocycles. The molecule has 4 aliphatic rings. The number of rotatable bonds is 3. The van der Waals surface area contributed by atoms with Crippen molar-refractivity contribution < 1.29 is 22.5 Å². The van der Waals surface area contributed by atoms with Gasteiger partial charge in [0, 0.05) is 11.0 Å². The summed E-state index contributed by atoms with van der Waals surface area (Å²) in [7, 11) is -3.80. The molecule has 5 nitrogen and oxygen atoms in total. The first-order chi connectivity index (χ1) is 9.68. The first-order valence-corrected chi connectivity index (χ1v) is 9.31. The van der Waals surface area contributed by atoms with Crippen molar-refractivity contribution in [1.29, 1.82) is 0 Å². The van der Waals surface area contributed by atoms with Gasteiger partial charge in [0.25, 0.3) is 0 Å². The molecule has 0 spiro atoms. The van der Waals surface area contributed by atoms with Crippen molar-refractivity contribution in [3.8, 4) is 0 Å². The Hall–Kier alpha value is -0.880. The van der Waals surface area contributed by atoms with E-state index in [0.717, 1.165) is 31.9 Å². The fourth-order valence-electron chi connectivity index (χ4n) is 4.97. The maximum atomic E-state index is 11.8. The molecule has 0 aromatic carbocycles. The second-order valence-electron chi connectivity index (χ2n) is 7.19. The summed E-state index contributed by atoms with van der Waals surface area (Å²) in [5, 5.41) is 10.6. The monoisotopic (exact) mass is 314 g/mol. The van der Waals surface area contributed by atoms with Gasteiger partial charge in [0.2, 0.25) is 0 Å². The van der Waals surface area contributed by atoms with E-state index in [9.17, 15) is 18.3 Å². The van der Waals surface area contributed by atoms with Crippen LogP contribution in [0.1, 0.15) is 39.0 Å². The maximum absolute atomic E-state index is 11.8. The van der Waals surface area contributed by atoms with Gasteiger partial charge in [-0.05, 0) is 56.8 Å². The molecular weight excluding hydrogens is 292 g/mol. The first-order valence-electron chi connectivity index (χ1n) is 7.50. The van der Waals surface area contributed by atoms with Gasteiger partial charge in [0.05, 0.1) is 12.4 Å². The third-order valence-electron chi connectivity index (χ3n) is 5.36. The zero-order valence-corrected chi connectivity index (χ0v) is 13.2. The van der Waals surface area contributed by atoms with Crippen molar-refractivity contribution in [3.63, 3.8) is 0 Å². The van der Waals surface area contributed by atoms with Gasteiger partial charge in [0.15, 0.2) is 0 Å². The average molecular weight is 314 g/mol. The topological polar surface area (TPSA) is 80.7 Å². The lowest BCUT2D eigenvalue weighted by molar-refractivity contribution is -0.134. The largest absolute Gasteiger partial charge is 0.392 e. The minimum absolute atomic E-state index is 0.279. The molecular formula is C15H22O5S. The Kier molecular flexibility index (Phi) is 3.44. The summed E-state index contributed by atoms with van der Waals surface area (Å²) >= 11 is 0. The van der Waals surface area contributed by atoms with Crippen LogP contribution in [0.4, 0.5) is 0 Å². The van der Waals surface area contributed by atoms with Gasteiger partial charge in [-0.2, -0.15) is 8.42 Å². The van der Waals surface area contributed by atoms with Crippen LogP contribution in [0.15, 0.2) is 11.6 Å². The number of aliphatic hydroxyl groups is 1. The maximum Gasteiger partial charge on any atom is 0.349 e. The number of carbonyl (C=O) groups is 1. The van der Waals surface area contributed by atoms with Crippen molar-refractivity contribution in [3.05, 3.63) is 11.6 Å². The predicted octanol–water partition coefficient (Wildman–Crippen LogP) is 1.62. The summed E-state index contributed by atoms with van der Waals surface area (Å²) in [6.07, 6.45) is 7.40. The molecule has 21 heavy (non-hydrogen) atoms. The van der Waals surface area contributed by atoms with Crippen LogP contribution in [0.2, 0.25) is 0 Å². The molecule has 4 rings (SSSR count). The molecule has 0 heterocycles. The Labute approximate surface area is 125 Å². The number of hydrogen-bond acceptors (Lipinski definition) is 5. The molecule has 4 aliphatic carbocycles. The van der Waals surface area contributed by atoms with E-state index in [-0.39, 0.29) is 11.0 Å². The summed E-state index contributed by atoms with van der Waals surface area (Å²) in [5.74, 6) is 0.744. The molecule has 0 radical (unpaired) electrons. The van der Waals surface area contributed by atoms with Gasteiger partial charge in [0.1, 0.15) is 0 Å². The smallest absolute Gasteiger partial charge is 0.349 e. The summed E-state index contributed by atoms with van der Waals surface area (Å²) in [6, 6.07) is 0. The second-order valence-corrected chi connectivity index (χ2v) is 8.76. The highest BCUT2D eigenvalue weighted by molar-refractivity contribution is 7.86. The van der Waals surface area contributed by atoms with Crippen LogP contribution >= 0.6 is 0 Å². The summed E-state index contributed by atoms with van der Waals surface area (Å²) in [4.78, 5) is 11.8. The van der Waals surface area contributed by atoms with E-state index in [1.54, 1.807) is 13.0 Å². The molecule has 3 atom stereocenters. The third kappa shape index (κ3) is 2.75. The highest BCUT2D eigenvalue weighted by Gasteiger charge is 2.55. The van der Waals surface area contributed by atoms with E-state index in [2.05, 4.69) is 4.18 Å². The van der Waals surface area contributed by atoms with E-state index in [0.29, 0.717) is 17.8 Å². The molecule has 6 heteroatoms. The standard InChI is InChI=1S/C15H22O5S/c1-9(14(17)20-21(2,18)19)6-15-7-10-3-11(8-15)5-12(4-10)13(15)16/h6,10-13,16H,3-5,7-8H2,1-2H3. The van der Waals surface area contributed by atoms with Crippen molar-refractivity contribution >= 4 is 16.1 Å². The molecule has 4 bridgehead atoms. The van der Waals surface area contributed by atoms with Crippen molar-refractivity contribution in [2.75, 3.05) is 6.26 Å². The number of hydrogen-bond donors (Lipinski definition) is 1. The van der Waals surface area contributed by atoms with E-state index < -0.39 is 22.2 Å². The van der Waals surface area contributed by atoms with Crippen molar-refractivity contribution in [1.82, 2.24) is 0 Å². The van der Waals surface area contributed by atoms with E-state index in [1.165, 1.54) is 6.42 Å². The number of aliphatic hydroxyl groups excluding tert-OH is 1. The van der Waals surface area contributed by atoms with Crippen LogP contribution < -0.4 is 0 Å². The Bertz CT molecular complexity index is 577. The first kappa shape index (κ1) is 15.0. The second kappa shape index (κ2) is 4.81. The summed E-state index contributed by atoms with van der Waals surface area (Å²) in [6.45, 7) is 1.57. The highest BCUT2D eigenvalue weighted by Crippen LogP contribution is 2.60. The Morgan fingerprint density at radius 1 is 1.24 bits per heavy atom. The van der Waals surface area contributed by atoms with Gasteiger partial charge in [-0.3, -0.25) is 0 Å². The van der Waals surface area contributed by atoms with E-state index in [4.69, 9.17) is 0 Å². The molecule has 0 aromatic rings. The zero-order valence-electron chi connectivity index (χ0n) is 12.4. The molecule has 0 amide bonds. The third-order valence-corrected chi connectivity index (χ3v) is 5.82. The van der Waals surface area contributed by atoms with Crippen LogP contribution in [-0.4, -0.2) is 31.9 Å². The SMILES string of the molecule is CC(=CC12CC3CC(CC(C3)C1O)C2)C(=O)OS(C)(=O)=O. The van der Waals surface area contributed by atoms with Crippen LogP contribution in [0.25, 0.3) is 0 Å². The van der Waals surface area contributed by atoms with Crippen LogP contribution in [0.3, 0.4) is 0 Å². The van der Waals surface area contributed by atoms with Gasteiger partial charge in [-0.25, -0.2) is 4.79 Å². The minimum Gasteiger partial charge on any atom is -0.392 e. The molecule has 4 saturated carbocycles. The van der Waals surface area contributed by atoms with Gasteiger partial charge in [-0.1, -0.05) is 6.08 Å². The molecule has 3 unspecified atom stereocenters. The van der Waals surface area contributed by atoms with E-state index in [1.807, 2.05) is 0 Å². The quantitative estimate of drug-likeness (QED) is 0.632. The fraction of sp³-hybridized carbons (Fsp3) is 0.800. The lowest BCUT2D eigenvalue weighted by atomic mass is 9.48. The summed E-state index contributed by atoms with van der Waals surface area (Å²) in [5.41, 5.74) is -0.0866. The van der Waals surface area contributed by atoms with Crippen LogP contribution in [0.5, 0.6) is 0 Å². The Morgan fingerprint density at radius 3 is 2.33 bits per heavy atom. The molecule has 4 fully saturated rings. The Balaban J connectivity index is 1.85. The molecule has 0 aromatic heterocycles. The van der Waals surface area contributed by atoms with Crippen molar-refractivity contribution in [2.45, 2.75) is 45.1 Å². The van der Waals surface area contributed by atoms with Crippen LogP contribution in [0, 0.1) is 23.2 Å². The van der Waals surface area contributed by atoms with Crippen LogP contribution in [-0.2, 0) is 19.1 Å². The van der Waals surface area contributed by atoms with E-state index >= 15 is 0 Å². The lowest BCUT2D eigenvalue weighted by Gasteiger charge is -2.58. The minimum atomic E-state index is -3.80. The Morgan fingerprint density at radius 2 is 1.81 bits per heavy atom. The molecule has 1 N–H and O–H groups in total. The number of carbonyl (C=O) groups excluding carboxylic acids is 1. The predicted molar refractivity (Wildman–Crippen MR) is 76.7 cm³/mol. The normalized spacial score (nSPS) is 42.1. The fourth-order valence-corrected chi connectivity index (χ4v) is 5.38. The zero-order chi connectivity index (χ0) is 15.4. The van der Waals surface area contributed by atoms with Gasteiger partial charge in [-0.15, -0.1) is 0 Å². The summed E-state index contributed by atoms with van der Waals surface area (Å²) < 4.78 is 26.5. The molecule has 118 valence electrons. The van der Waals surface area contributed by atoms with Gasteiger partial charge < -0.3 is 9.29 Å². The highest BCUT2D eigenvalue weighted by atomic mass is 32.2. The van der Waals surface area contributed by atoms with Gasteiger partial charge >= 0.3 is 16.1 Å². The lowest BCUT2D eigenvalue weighted by Crippen LogP contribution is -2.55. The average Bonchev–Trinajstić information content (AvgIpc) is 2.32. The van der Waals surface area contributed by atoms with Crippen molar-refractivity contribution in [2.24, 2.45) is 23.2 Å².